The third-order valence-electron chi connectivity index (χ3n) is 4.44. The van der Waals surface area contributed by atoms with Gasteiger partial charge in [-0.05, 0) is 53.8 Å². The van der Waals surface area contributed by atoms with Gasteiger partial charge in [0.05, 0.1) is 5.56 Å². The molecule has 4 nitrogen and oxygen atoms in total. The number of rotatable bonds is 7. The first-order chi connectivity index (χ1) is 14.0. The summed E-state index contributed by atoms with van der Waals surface area (Å²) >= 11 is 5.91. The van der Waals surface area contributed by atoms with Gasteiger partial charge in [-0.2, -0.15) is 5.26 Å². The quantitative estimate of drug-likeness (QED) is 0.560. The first kappa shape index (κ1) is 20.4. The number of aryl methyl sites for hydroxylation is 1. The minimum Gasteiger partial charge on any atom is -0.479 e. The predicted octanol–water partition coefficient (Wildman–Crippen LogP) is 5.48. The summed E-state index contributed by atoms with van der Waals surface area (Å²) in [6.45, 7) is 0. The molecule has 3 aromatic rings. The van der Waals surface area contributed by atoms with Crippen LogP contribution in [-0.4, -0.2) is 17.2 Å². The van der Waals surface area contributed by atoms with E-state index >= 15 is 0 Å². The molecule has 0 fully saturated rings. The summed E-state index contributed by atoms with van der Waals surface area (Å²) < 4.78 is 19.1. The molecule has 0 aliphatic carbocycles. The molecular formula is C23H17ClFNO3. The molecule has 0 saturated carbocycles. The monoisotopic (exact) mass is 409 g/mol. The second-order valence-corrected chi connectivity index (χ2v) is 6.88. The van der Waals surface area contributed by atoms with Crippen LogP contribution in [0.4, 0.5) is 4.39 Å². The molecule has 1 N–H and O–H groups in total. The molecule has 0 radical (unpaired) electrons. The maximum atomic E-state index is 13.7. The summed E-state index contributed by atoms with van der Waals surface area (Å²) in [5.74, 6) is -1.80. The van der Waals surface area contributed by atoms with Crippen LogP contribution in [0.2, 0.25) is 5.02 Å². The molecule has 0 aliphatic rings. The highest BCUT2D eigenvalue weighted by atomic mass is 35.5. The summed E-state index contributed by atoms with van der Waals surface area (Å²) in [7, 11) is 0. The van der Waals surface area contributed by atoms with Crippen LogP contribution in [0.3, 0.4) is 0 Å². The predicted molar refractivity (Wildman–Crippen MR) is 108 cm³/mol. The van der Waals surface area contributed by atoms with Crippen molar-refractivity contribution in [2.45, 2.75) is 18.9 Å². The molecule has 3 rings (SSSR count). The SMILES string of the molecule is N#Cc1ccc(OC(CCc2ccc(-c3ccc(Cl)cc3)cc2)C(=O)O)cc1F. The minimum absolute atomic E-state index is 0.0759. The van der Waals surface area contributed by atoms with E-state index in [4.69, 9.17) is 21.6 Å². The van der Waals surface area contributed by atoms with Crippen LogP contribution in [0, 0.1) is 17.1 Å². The standard InChI is InChI=1S/C23H17ClFNO3/c24-19-9-6-17(7-10-19)16-4-1-15(2-5-16)3-12-22(23(27)28)29-20-11-8-18(14-26)21(25)13-20/h1-2,4-11,13,22H,3,12H2,(H,27,28). The molecule has 0 aromatic heterocycles. The van der Waals surface area contributed by atoms with Crippen LogP contribution in [0.25, 0.3) is 11.1 Å². The van der Waals surface area contributed by atoms with Gasteiger partial charge in [0.25, 0.3) is 0 Å². The van der Waals surface area contributed by atoms with E-state index in [-0.39, 0.29) is 17.7 Å². The van der Waals surface area contributed by atoms with Crippen LogP contribution in [0.15, 0.2) is 66.7 Å². The van der Waals surface area contributed by atoms with Crippen molar-refractivity contribution in [3.63, 3.8) is 0 Å². The molecular weight excluding hydrogens is 393 g/mol. The fraction of sp³-hybridized carbons (Fsp3) is 0.130. The Morgan fingerprint density at radius 3 is 2.24 bits per heavy atom. The van der Waals surface area contributed by atoms with Gasteiger partial charge in [0, 0.05) is 11.1 Å². The Hall–Kier alpha value is -3.36. The third-order valence-corrected chi connectivity index (χ3v) is 4.69. The summed E-state index contributed by atoms with van der Waals surface area (Å²) in [5.41, 5.74) is 2.91. The molecule has 0 aliphatic heterocycles. The van der Waals surface area contributed by atoms with Crippen molar-refractivity contribution >= 4 is 17.6 Å². The first-order valence-corrected chi connectivity index (χ1v) is 9.28. The zero-order chi connectivity index (χ0) is 20.8. The van der Waals surface area contributed by atoms with Gasteiger partial charge >= 0.3 is 5.97 Å². The number of benzene rings is 3. The number of nitriles is 1. The maximum absolute atomic E-state index is 13.7. The largest absolute Gasteiger partial charge is 0.479 e. The number of nitrogens with zero attached hydrogens (tertiary/aromatic N) is 1. The molecule has 1 unspecified atom stereocenters. The van der Waals surface area contributed by atoms with E-state index in [1.807, 2.05) is 48.5 Å². The van der Waals surface area contributed by atoms with E-state index in [0.717, 1.165) is 22.8 Å². The van der Waals surface area contributed by atoms with Crippen LogP contribution >= 0.6 is 11.6 Å². The minimum atomic E-state index is -1.13. The van der Waals surface area contributed by atoms with E-state index in [1.165, 1.54) is 12.1 Å². The highest BCUT2D eigenvalue weighted by Crippen LogP contribution is 2.23. The second kappa shape index (κ2) is 9.22. The van der Waals surface area contributed by atoms with Crippen molar-refractivity contribution in [1.82, 2.24) is 0 Å². The molecule has 0 spiro atoms. The van der Waals surface area contributed by atoms with E-state index in [9.17, 15) is 14.3 Å². The molecule has 3 aromatic carbocycles. The number of carboxylic acid groups (broad SMARTS) is 1. The molecule has 1 atom stereocenters. The summed E-state index contributed by atoms with van der Waals surface area (Å²) in [6.07, 6.45) is -0.424. The Balaban J connectivity index is 1.64. The van der Waals surface area contributed by atoms with Crippen molar-refractivity contribution in [3.8, 4) is 22.9 Å². The van der Waals surface area contributed by atoms with Gasteiger partial charge < -0.3 is 9.84 Å². The zero-order valence-electron chi connectivity index (χ0n) is 15.3. The molecule has 0 amide bonds. The van der Waals surface area contributed by atoms with Crippen molar-refractivity contribution < 1.29 is 19.0 Å². The normalized spacial score (nSPS) is 11.5. The molecule has 0 heterocycles. The fourth-order valence-corrected chi connectivity index (χ4v) is 2.99. The Morgan fingerprint density at radius 2 is 1.69 bits per heavy atom. The van der Waals surface area contributed by atoms with Crippen molar-refractivity contribution in [1.29, 1.82) is 5.26 Å². The smallest absolute Gasteiger partial charge is 0.344 e. The Labute approximate surface area is 172 Å². The van der Waals surface area contributed by atoms with Gasteiger partial charge in [0.15, 0.2) is 6.10 Å². The second-order valence-electron chi connectivity index (χ2n) is 6.44. The summed E-state index contributed by atoms with van der Waals surface area (Å²) in [5, 5.41) is 18.9. The number of carbonyl (C=O) groups is 1. The van der Waals surface area contributed by atoms with Crippen molar-refractivity contribution in [3.05, 3.63) is 88.7 Å². The number of carboxylic acids is 1. The summed E-state index contributed by atoms with van der Waals surface area (Å²) in [4.78, 5) is 11.5. The lowest BCUT2D eigenvalue weighted by molar-refractivity contribution is -0.145. The van der Waals surface area contributed by atoms with Crippen molar-refractivity contribution in [2.24, 2.45) is 0 Å². The fourth-order valence-electron chi connectivity index (χ4n) is 2.86. The van der Waals surface area contributed by atoms with Crippen LogP contribution in [0.5, 0.6) is 5.75 Å². The van der Waals surface area contributed by atoms with E-state index < -0.39 is 17.9 Å². The number of ether oxygens (including phenoxy) is 1. The Kier molecular flexibility index (Phi) is 6.48. The lowest BCUT2D eigenvalue weighted by Crippen LogP contribution is -2.27. The molecule has 0 saturated heterocycles. The molecule has 29 heavy (non-hydrogen) atoms. The van der Waals surface area contributed by atoms with E-state index in [0.29, 0.717) is 11.4 Å². The zero-order valence-corrected chi connectivity index (χ0v) is 16.1. The van der Waals surface area contributed by atoms with Gasteiger partial charge in [-0.25, -0.2) is 9.18 Å². The van der Waals surface area contributed by atoms with Crippen LogP contribution < -0.4 is 4.74 Å². The third kappa shape index (κ3) is 5.34. The van der Waals surface area contributed by atoms with Gasteiger partial charge in [0.1, 0.15) is 17.6 Å². The molecule has 0 bridgehead atoms. The molecule has 146 valence electrons. The average Bonchev–Trinajstić information content (AvgIpc) is 2.72. The topological polar surface area (TPSA) is 70.3 Å². The van der Waals surface area contributed by atoms with Gasteiger partial charge in [-0.3, -0.25) is 0 Å². The highest BCUT2D eigenvalue weighted by molar-refractivity contribution is 6.30. The van der Waals surface area contributed by atoms with Gasteiger partial charge in [-0.15, -0.1) is 0 Å². The van der Waals surface area contributed by atoms with E-state index in [1.54, 1.807) is 6.07 Å². The first-order valence-electron chi connectivity index (χ1n) is 8.90. The Morgan fingerprint density at radius 1 is 1.07 bits per heavy atom. The lowest BCUT2D eigenvalue weighted by Gasteiger charge is -2.15. The van der Waals surface area contributed by atoms with Gasteiger partial charge in [-0.1, -0.05) is 48.0 Å². The Bertz CT molecular complexity index is 1040. The number of hydrogen-bond acceptors (Lipinski definition) is 3. The molecule has 6 heteroatoms. The van der Waals surface area contributed by atoms with Crippen LogP contribution in [-0.2, 0) is 11.2 Å². The van der Waals surface area contributed by atoms with E-state index in [2.05, 4.69) is 0 Å². The van der Waals surface area contributed by atoms with Gasteiger partial charge in [0.2, 0.25) is 0 Å². The van der Waals surface area contributed by atoms with Crippen molar-refractivity contribution in [2.75, 3.05) is 0 Å². The number of halogens is 2. The number of hydrogen-bond donors (Lipinski definition) is 1. The highest BCUT2D eigenvalue weighted by Gasteiger charge is 2.20. The summed E-state index contributed by atoms with van der Waals surface area (Å²) in [6, 6.07) is 20.7. The van der Waals surface area contributed by atoms with Crippen LogP contribution in [0.1, 0.15) is 17.5 Å². The number of aliphatic carboxylic acids is 1. The lowest BCUT2D eigenvalue weighted by atomic mass is 10.0. The maximum Gasteiger partial charge on any atom is 0.344 e. The average molecular weight is 410 g/mol.